The van der Waals surface area contributed by atoms with Crippen molar-refractivity contribution >= 4 is 33.2 Å². The first-order valence-electron chi connectivity index (χ1n) is 8.40. The fourth-order valence-electron chi connectivity index (χ4n) is 2.34. The van der Waals surface area contributed by atoms with Crippen molar-refractivity contribution in [1.82, 2.24) is 4.72 Å². The van der Waals surface area contributed by atoms with Crippen LogP contribution in [0.1, 0.15) is 25.0 Å². The molecule has 146 valence electrons. The highest BCUT2D eigenvalue weighted by Crippen LogP contribution is 2.27. The number of halogens is 1. The maximum Gasteiger partial charge on any atom is 0.262 e. The summed E-state index contributed by atoms with van der Waals surface area (Å²) in [4.78, 5) is 12.2. The summed E-state index contributed by atoms with van der Waals surface area (Å²) < 4.78 is 32.2. The summed E-state index contributed by atoms with van der Waals surface area (Å²) in [6, 6.07) is 9.64. The fraction of sp³-hybridized carbons (Fsp3) is 0.316. The summed E-state index contributed by atoms with van der Waals surface area (Å²) in [5, 5.41) is 2.90. The van der Waals surface area contributed by atoms with Crippen LogP contribution < -0.4 is 14.8 Å². The van der Waals surface area contributed by atoms with Gasteiger partial charge in [-0.2, -0.15) is 0 Å². The Labute approximate surface area is 164 Å². The van der Waals surface area contributed by atoms with Crippen molar-refractivity contribution in [1.29, 1.82) is 0 Å². The SMILES string of the molecule is Cc1ccc(C)c(NC(=O)COc2ccc(S(=O)(=O)NC(C)C)cc2Cl)c1. The normalized spacial score (nSPS) is 11.5. The third kappa shape index (κ3) is 5.95. The monoisotopic (exact) mass is 410 g/mol. The zero-order valence-corrected chi connectivity index (χ0v) is 17.2. The number of hydrogen-bond donors (Lipinski definition) is 2. The Morgan fingerprint density at radius 1 is 1.15 bits per heavy atom. The molecular weight excluding hydrogens is 388 g/mol. The second-order valence-electron chi connectivity index (χ2n) is 6.52. The van der Waals surface area contributed by atoms with E-state index in [0.29, 0.717) is 0 Å². The molecule has 0 fully saturated rings. The average Bonchev–Trinajstić information content (AvgIpc) is 2.56. The molecule has 0 bridgehead atoms. The van der Waals surface area contributed by atoms with E-state index in [9.17, 15) is 13.2 Å². The van der Waals surface area contributed by atoms with Crippen molar-refractivity contribution in [2.24, 2.45) is 0 Å². The van der Waals surface area contributed by atoms with Gasteiger partial charge in [0.15, 0.2) is 6.61 Å². The summed E-state index contributed by atoms with van der Waals surface area (Å²) in [5.41, 5.74) is 2.70. The van der Waals surface area contributed by atoms with Crippen molar-refractivity contribution in [2.45, 2.75) is 38.6 Å². The molecule has 8 heteroatoms. The number of anilines is 1. The minimum absolute atomic E-state index is 0.0355. The Morgan fingerprint density at radius 3 is 2.48 bits per heavy atom. The predicted molar refractivity (Wildman–Crippen MR) is 107 cm³/mol. The number of rotatable bonds is 7. The molecule has 2 rings (SSSR count). The lowest BCUT2D eigenvalue weighted by atomic mass is 10.1. The van der Waals surface area contributed by atoms with E-state index in [1.54, 1.807) is 13.8 Å². The standard InChI is InChI=1S/C19H23ClN2O4S/c1-12(2)22-27(24,25)15-7-8-18(16(20)10-15)26-11-19(23)21-17-9-13(3)5-6-14(17)4/h5-10,12,22H,11H2,1-4H3,(H,21,23). The van der Waals surface area contributed by atoms with Crippen LogP contribution in [-0.2, 0) is 14.8 Å². The Bertz CT molecular complexity index is 943. The number of carbonyl (C=O) groups excluding carboxylic acids is 1. The zero-order valence-electron chi connectivity index (χ0n) is 15.7. The van der Waals surface area contributed by atoms with Gasteiger partial charge in [0.1, 0.15) is 5.75 Å². The zero-order chi connectivity index (χ0) is 20.2. The third-order valence-electron chi connectivity index (χ3n) is 3.63. The van der Waals surface area contributed by atoms with Crippen LogP contribution in [0, 0.1) is 13.8 Å². The number of aryl methyl sites for hydroxylation is 2. The van der Waals surface area contributed by atoms with Gasteiger partial charge in [-0.15, -0.1) is 0 Å². The maximum absolute atomic E-state index is 12.2. The summed E-state index contributed by atoms with van der Waals surface area (Å²) in [5.74, 6) is -0.103. The molecule has 0 radical (unpaired) electrons. The summed E-state index contributed by atoms with van der Waals surface area (Å²) in [7, 11) is -3.65. The Morgan fingerprint density at radius 2 is 1.85 bits per heavy atom. The molecule has 0 aromatic heterocycles. The number of hydrogen-bond acceptors (Lipinski definition) is 4. The number of nitrogens with one attached hydrogen (secondary N) is 2. The molecule has 0 aliphatic heterocycles. The van der Waals surface area contributed by atoms with Gasteiger partial charge >= 0.3 is 0 Å². The van der Waals surface area contributed by atoms with Gasteiger partial charge in [0.25, 0.3) is 5.91 Å². The van der Waals surface area contributed by atoms with Gasteiger partial charge in [-0.1, -0.05) is 23.7 Å². The molecule has 0 aliphatic carbocycles. The number of benzene rings is 2. The minimum atomic E-state index is -3.65. The van der Waals surface area contributed by atoms with Gasteiger partial charge in [0.2, 0.25) is 10.0 Å². The van der Waals surface area contributed by atoms with Crippen molar-refractivity contribution in [3.05, 3.63) is 52.5 Å². The molecule has 2 aromatic carbocycles. The lowest BCUT2D eigenvalue weighted by Gasteiger charge is -2.13. The molecule has 0 saturated carbocycles. The van der Waals surface area contributed by atoms with Crippen LogP contribution in [0.3, 0.4) is 0 Å². The van der Waals surface area contributed by atoms with Crippen LogP contribution in [0.5, 0.6) is 5.75 Å². The fourth-order valence-corrected chi connectivity index (χ4v) is 3.92. The Hall–Kier alpha value is -2.09. The van der Waals surface area contributed by atoms with Gasteiger partial charge in [-0.25, -0.2) is 13.1 Å². The molecule has 27 heavy (non-hydrogen) atoms. The molecule has 6 nitrogen and oxygen atoms in total. The number of carbonyl (C=O) groups is 1. The second kappa shape index (κ2) is 8.73. The van der Waals surface area contributed by atoms with Crippen molar-refractivity contribution in [3.8, 4) is 5.75 Å². The van der Waals surface area contributed by atoms with E-state index < -0.39 is 10.0 Å². The van der Waals surface area contributed by atoms with Gasteiger partial charge in [0, 0.05) is 11.7 Å². The molecule has 1 amide bonds. The molecular formula is C19H23ClN2O4S. The first-order valence-corrected chi connectivity index (χ1v) is 10.3. The lowest BCUT2D eigenvalue weighted by molar-refractivity contribution is -0.118. The van der Waals surface area contributed by atoms with E-state index in [4.69, 9.17) is 16.3 Å². The number of sulfonamides is 1. The molecule has 0 spiro atoms. The molecule has 0 aliphatic rings. The van der Waals surface area contributed by atoms with Gasteiger partial charge < -0.3 is 10.1 Å². The molecule has 2 N–H and O–H groups in total. The number of amides is 1. The predicted octanol–water partition coefficient (Wildman–Crippen LogP) is 3.66. The Kier molecular flexibility index (Phi) is 6.86. The van der Waals surface area contributed by atoms with Gasteiger partial charge in [-0.3, -0.25) is 4.79 Å². The largest absolute Gasteiger partial charge is 0.482 e. The van der Waals surface area contributed by atoms with Crippen LogP contribution in [0.15, 0.2) is 41.3 Å². The topological polar surface area (TPSA) is 84.5 Å². The van der Waals surface area contributed by atoms with E-state index in [0.717, 1.165) is 16.8 Å². The van der Waals surface area contributed by atoms with Crippen LogP contribution >= 0.6 is 11.6 Å². The van der Waals surface area contributed by atoms with Crippen LogP contribution in [-0.4, -0.2) is 27.0 Å². The van der Waals surface area contributed by atoms with E-state index in [1.165, 1.54) is 18.2 Å². The molecule has 0 saturated heterocycles. The summed E-state index contributed by atoms with van der Waals surface area (Å²) >= 11 is 6.11. The highest BCUT2D eigenvalue weighted by molar-refractivity contribution is 7.89. The first-order chi connectivity index (χ1) is 12.6. The van der Waals surface area contributed by atoms with Crippen LogP contribution in [0.2, 0.25) is 5.02 Å². The smallest absolute Gasteiger partial charge is 0.262 e. The van der Waals surface area contributed by atoms with Crippen molar-refractivity contribution in [3.63, 3.8) is 0 Å². The summed E-state index contributed by atoms with van der Waals surface area (Å²) in [6.07, 6.45) is 0. The van der Waals surface area contributed by atoms with Gasteiger partial charge in [-0.05, 0) is 63.1 Å². The molecule has 0 heterocycles. The highest BCUT2D eigenvalue weighted by atomic mass is 35.5. The minimum Gasteiger partial charge on any atom is -0.482 e. The Balaban J connectivity index is 2.04. The van der Waals surface area contributed by atoms with Gasteiger partial charge in [0.05, 0.1) is 9.92 Å². The summed E-state index contributed by atoms with van der Waals surface area (Å²) in [6.45, 7) is 7.05. The van der Waals surface area contributed by atoms with Crippen molar-refractivity contribution < 1.29 is 17.9 Å². The first kappa shape index (κ1) is 21.2. The third-order valence-corrected chi connectivity index (χ3v) is 5.58. The molecule has 0 unspecified atom stereocenters. The van der Waals surface area contributed by atoms with E-state index in [2.05, 4.69) is 10.0 Å². The highest BCUT2D eigenvalue weighted by Gasteiger charge is 2.17. The van der Waals surface area contributed by atoms with Crippen LogP contribution in [0.25, 0.3) is 0 Å². The van der Waals surface area contributed by atoms with Crippen molar-refractivity contribution in [2.75, 3.05) is 11.9 Å². The number of ether oxygens (including phenoxy) is 1. The maximum atomic E-state index is 12.2. The van der Waals surface area contributed by atoms with Crippen LogP contribution in [0.4, 0.5) is 5.69 Å². The second-order valence-corrected chi connectivity index (χ2v) is 8.64. The van der Waals surface area contributed by atoms with E-state index in [1.807, 2.05) is 32.0 Å². The van der Waals surface area contributed by atoms with E-state index in [-0.39, 0.29) is 34.2 Å². The quantitative estimate of drug-likeness (QED) is 0.729. The van der Waals surface area contributed by atoms with E-state index >= 15 is 0 Å². The average molecular weight is 411 g/mol. The molecule has 2 aromatic rings. The molecule has 0 atom stereocenters. The lowest BCUT2D eigenvalue weighted by Crippen LogP contribution is -2.30.